The summed E-state index contributed by atoms with van der Waals surface area (Å²) in [6, 6.07) is 6.36. The molecule has 2 aromatic rings. The lowest BCUT2D eigenvalue weighted by Gasteiger charge is -2.08. The number of hydrogen-bond donors (Lipinski definition) is 3. The van der Waals surface area contributed by atoms with Crippen LogP contribution in [0, 0.1) is 0 Å². The summed E-state index contributed by atoms with van der Waals surface area (Å²) in [5.41, 5.74) is -0.182. The molecule has 1 heterocycles. The molecule has 0 aliphatic rings. The van der Waals surface area contributed by atoms with Crippen LogP contribution in [0.15, 0.2) is 30.3 Å². The summed E-state index contributed by atoms with van der Waals surface area (Å²) >= 11 is 11.5. The fourth-order valence-corrected chi connectivity index (χ4v) is 1.87. The largest absolute Gasteiger partial charge is 0.506 e. The van der Waals surface area contributed by atoms with E-state index < -0.39 is 11.9 Å². The summed E-state index contributed by atoms with van der Waals surface area (Å²) in [6.07, 6.45) is 0. The highest BCUT2D eigenvalue weighted by molar-refractivity contribution is 6.35. The number of amides is 1. The molecule has 1 aromatic heterocycles. The topological polar surface area (TPSA) is 99.5 Å². The standard InChI is InChI=1S/C13H8Cl2N2O4/c14-7-2-4-10(15)17-11(7)12(19)16-8-3-1-6(13(20)21)5-9(8)18/h1-5,18H,(H,16,19)(H,20,21). The van der Waals surface area contributed by atoms with Gasteiger partial charge in [-0.25, -0.2) is 9.78 Å². The Bertz CT molecular complexity index is 734. The third-order valence-corrected chi connectivity index (χ3v) is 3.04. The van der Waals surface area contributed by atoms with Gasteiger partial charge in [0.15, 0.2) is 0 Å². The minimum atomic E-state index is -1.19. The van der Waals surface area contributed by atoms with Crippen LogP contribution in [0.3, 0.4) is 0 Å². The van der Waals surface area contributed by atoms with Crippen molar-refractivity contribution in [2.24, 2.45) is 0 Å². The van der Waals surface area contributed by atoms with Crippen molar-refractivity contribution in [1.82, 2.24) is 4.98 Å². The minimum Gasteiger partial charge on any atom is -0.506 e. The van der Waals surface area contributed by atoms with Crippen LogP contribution < -0.4 is 5.32 Å². The van der Waals surface area contributed by atoms with Gasteiger partial charge in [-0.05, 0) is 30.3 Å². The molecule has 0 saturated heterocycles. The number of phenolic OH excluding ortho intramolecular Hbond substituents is 1. The molecule has 0 radical (unpaired) electrons. The molecule has 6 nitrogen and oxygen atoms in total. The lowest BCUT2D eigenvalue weighted by Crippen LogP contribution is -2.14. The van der Waals surface area contributed by atoms with Gasteiger partial charge in [-0.15, -0.1) is 0 Å². The molecular weight excluding hydrogens is 319 g/mol. The van der Waals surface area contributed by atoms with E-state index in [1.54, 1.807) is 0 Å². The molecule has 3 N–H and O–H groups in total. The first-order chi connectivity index (χ1) is 9.88. The highest BCUT2D eigenvalue weighted by Crippen LogP contribution is 2.26. The van der Waals surface area contributed by atoms with Gasteiger partial charge in [0.25, 0.3) is 5.91 Å². The van der Waals surface area contributed by atoms with Crippen LogP contribution in [-0.2, 0) is 0 Å². The maximum Gasteiger partial charge on any atom is 0.335 e. The minimum absolute atomic E-state index is 0.0304. The predicted molar refractivity (Wildman–Crippen MR) is 77.3 cm³/mol. The van der Waals surface area contributed by atoms with E-state index in [4.69, 9.17) is 28.3 Å². The zero-order chi connectivity index (χ0) is 15.6. The number of pyridine rings is 1. The molecule has 21 heavy (non-hydrogen) atoms. The Labute approximate surface area is 129 Å². The summed E-state index contributed by atoms with van der Waals surface area (Å²) in [5.74, 6) is -2.26. The smallest absolute Gasteiger partial charge is 0.335 e. The van der Waals surface area contributed by atoms with Crippen LogP contribution in [0.2, 0.25) is 10.2 Å². The maximum atomic E-state index is 12.0. The number of hydrogen-bond acceptors (Lipinski definition) is 4. The molecule has 0 bridgehead atoms. The second-order valence-electron chi connectivity index (χ2n) is 3.96. The first kappa shape index (κ1) is 15.1. The Kier molecular flexibility index (Phi) is 4.30. The van der Waals surface area contributed by atoms with Crippen molar-refractivity contribution in [2.45, 2.75) is 0 Å². The van der Waals surface area contributed by atoms with E-state index in [2.05, 4.69) is 10.3 Å². The number of carboxylic acids is 1. The molecule has 0 atom stereocenters. The number of carbonyl (C=O) groups is 2. The van der Waals surface area contributed by atoms with E-state index in [1.165, 1.54) is 24.3 Å². The van der Waals surface area contributed by atoms with Crippen molar-refractivity contribution >= 4 is 40.8 Å². The van der Waals surface area contributed by atoms with Crippen LogP contribution in [0.25, 0.3) is 0 Å². The van der Waals surface area contributed by atoms with Crippen LogP contribution in [0.4, 0.5) is 5.69 Å². The molecule has 0 unspecified atom stereocenters. The van der Waals surface area contributed by atoms with Gasteiger partial charge in [-0.2, -0.15) is 0 Å². The fraction of sp³-hybridized carbons (Fsp3) is 0. The molecule has 1 aromatic carbocycles. The van der Waals surface area contributed by atoms with E-state index in [0.29, 0.717) is 0 Å². The third kappa shape index (κ3) is 3.42. The molecule has 0 spiro atoms. The Morgan fingerprint density at radius 2 is 1.86 bits per heavy atom. The number of nitrogens with zero attached hydrogens (tertiary/aromatic N) is 1. The zero-order valence-corrected chi connectivity index (χ0v) is 11.8. The van der Waals surface area contributed by atoms with Crippen LogP contribution in [0.1, 0.15) is 20.8 Å². The van der Waals surface area contributed by atoms with E-state index in [0.717, 1.165) is 6.07 Å². The van der Waals surface area contributed by atoms with Crippen LogP contribution in [0.5, 0.6) is 5.75 Å². The number of carboxylic acid groups (broad SMARTS) is 1. The summed E-state index contributed by atoms with van der Waals surface area (Å²) in [6.45, 7) is 0. The number of halogens is 2. The number of aromatic nitrogens is 1. The fourth-order valence-electron chi connectivity index (χ4n) is 1.53. The Balaban J connectivity index is 2.27. The number of carbonyl (C=O) groups excluding carboxylic acids is 1. The van der Waals surface area contributed by atoms with E-state index in [1.807, 2.05) is 0 Å². The van der Waals surface area contributed by atoms with E-state index in [-0.39, 0.29) is 32.9 Å². The first-order valence-corrected chi connectivity index (χ1v) is 6.34. The summed E-state index contributed by atoms with van der Waals surface area (Å²) < 4.78 is 0. The number of aromatic hydroxyl groups is 1. The van der Waals surface area contributed by atoms with Gasteiger partial charge in [-0.1, -0.05) is 23.2 Å². The lowest BCUT2D eigenvalue weighted by atomic mass is 10.2. The van der Waals surface area contributed by atoms with Crippen molar-refractivity contribution in [3.05, 3.63) is 51.8 Å². The average Bonchev–Trinajstić information content (AvgIpc) is 2.43. The van der Waals surface area contributed by atoms with Gasteiger partial charge in [0.2, 0.25) is 0 Å². The number of aromatic carboxylic acids is 1. The molecule has 1 amide bonds. The van der Waals surface area contributed by atoms with Crippen molar-refractivity contribution in [1.29, 1.82) is 0 Å². The van der Waals surface area contributed by atoms with Gasteiger partial charge in [0.05, 0.1) is 16.3 Å². The quantitative estimate of drug-likeness (QED) is 0.594. The zero-order valence-electron chi connectivity index (χ0n) is 10.3. The monoisotopic (exact) mass is 326 g/mol. The molecule has 2 rings (SSSR count). The number of rotatable bonds is 3. The van der Waals surface area contributed by atoms with Crippen LogP contribution in [-0.4, -0.2) is 27.1 Å². The molecule has 0 fully saturated rings. The van der Waals surface area contributed by atoms with E-state index >= 15 is 0 Å². The van der Waals surface area contributed by atoms with Crippen molar-refractivity contribution < 1.29 is 19.8 Å². The lowest BCUT2D eigenvalue weighted by molar-refractivity contribution is 0.0696. The van der Waals surface area contributed by atoms with Crippen molar-refractivity contribution in [2.75, 3.05) is 5.32 Å². The van der Waals surface area contributed by atoms with Gasteiger partial charge in [0, 0.05) is 0 Å². The van der Waals surface area contributed by atoms with Gasteiger partial charge in [-0.3, -0.25) is 4.79 Å². The summed E-state index contributed by atoms with van der Waals surface area (Å²) in [7, 11) is 0. The summed E-state index contributed by atoms with van der Waals surface area (Å²) in [5, 5.41) is 21.1. The molecule has 8 heteroatoms. The SMILES string of the molecule is O=C(O)c1ccc(NC(=O)c2nc(Cl)ccc2Cl)c(O)c1. The number of anilines is 1. The highest BCUT2D eigenvalue weighted by atomic mass is 35.5. The second-order valence-corrected chi connectivity index (χ2v) is 4.75. The van der Waals surface area contributed by atoms with E-state index in [9.17, 15) is 14.7 Å². The molecule has 0 aliphatic heterocycles. The molecular formula is C13H8Cl2N2O4. The Hall–Kier alpha value is -2.31. The molecule has 0 aliphatic carbocycles. The van der Waals surface area contributed by atoms with Gasteiger partial charge < -0.3 is 15.5 Å². The molecule has 0 saturated carbocycles. The molecule has 108 valence electrons. The number of nitrogens with one attached hydrogen (secondary N) is 1. The first-order valence-electron chi connectivity index (χ1n) is 5.58. The van der Waals surface area contributed by atoms with Crippen molar-refractivity contribution in [3.8, 4) is 5.75 Å². The predicted octanol–water partition coefficient (Wildman–Crippen LogP) is 3.04. The maximum absolute atomic E-state index is 12.0. The summed E-state index contributed by atoms with van der Waals surface area (Å²) in [4.78, 5) is 26.6. The normalized spacial score (nSPS) is 10.2. The third-order valence-electron chi connectivity index (χ3n) is 2.52. The Morgan fingerprint density at radius 1 is 1.14 bits per heavy atom. The highest BCUT2D eigenvalue weighted by Gasteiger charge is 2.15. The van der Waals surface area contributed by atoms with Gasteiger partial charge in [0.1, 0.15) is 16.6 Å². The number of benzene rings is 1. The van der Waals surface area contributed by atoms with Crippen molar-refractivity contribution in [3.63, 3.8) is 0 Å². The Morgan fingerprint density at radius 3 is 2.48 bits per heavy atom. The second kappa shape index (κ2) is 5.99. The van der Waals surface area contributed by atoms with Crippen LogP contribution >= 0.6 is 23.2 Å². The average molecular weight is 327 g/mol. The van der Waals surface area contributed by atoms with Gasteiger partial charge >= 0.3 is 5.97 Å². The number of phenols is 1.